The molecule has 1 aromatic carbocycles. The molecule has 2 rings (SSSR count). The first kappa shape index (κ1) is 11.2. The van der Waals surface area contributed by atoms with Crippen molar-refractivity contribution < 1.29 is 4.74 Å². The second kappa shape index (κ2) is 4.71. The predicted molar refractivity (Wildman–Crippen MR) is 68.8 cm³/mol. The molecule has 16 heavy (non-hydrogen) atoms. The molecule has 1 heterocycles. The van der Waals surface area contributed by atoms with Gasteiger partial charge in [-0.1, -0.05) is 24.3 Å². The summed E-state index contributed by atoms with van der Waals surface area (Å²) in [5, 5.41) is 0. The molecule has 1 aliphatic rings. The predicted octanol–water partition coefficient (Wildman–Crippen LogP) is 2.94. The number of hydrogen-bond donors (Lipinski definition) is 0. The van der Waals surface area contributed by atoms with E-state index in [-0.39, 0.29) is 0 Å². The number of allylic oxidation sites excluding steroid dienone is 1. The van der Waals surface area contributed by atoms with E-state index < -0.39 is 0 Å². The Morgan fingerprint density at radius 1 is 1.38 bits per heavy atom. The van der Waals surface area contributed by atoms with Gasteiger partial charge in [0.25, 0.3) is 0 Å². The maximum Gasteiger partial charge on any atom is 0.0924 e. The Morgan fingerprint density at radius 3 is 2.50 bits per heavy atom. The van der Waals surface area contributed by atoms with E-state index in [0.717, 1.165) is 25.3 Å². The fourth-order valence-corrected chi connectivity index (χ4v) is 1.95. The van der Waals surface area contributed by atoms with Crippen molar-refractivity contribution in [3.63, 3.8) is 0 Å². The highest BCUT2D eigenvalue weighted by atomic mass is 16.5. The summed E-state index contributed by atoms with van der Waals surface area (Å²) >= 11 is 0. The molecule has 0 aromatic heterocycles. The van der Waals surface area contributed by atoms with Crippen LogP contribution < -0.4 is 4.90 Å². The number of benzene rings is 1. The minimum atomic E-state index is 0.422. The van der Waals surface area contributed by atoms with Crippen molar-refractivity contribution in [3.05, 3.63) is 36.4 Å². The standard InChI is InChI=1S/C14H19NO/c1-4-16-14-9-15(10-14)13-7-5-12(6-8-13)11(2)3/h5-8,14H,2,4,9-10H2,1,3H3. The SMILES string of the molecule is C=C(C)c1ccc(N2CC(OCC)C2)cc1. The third-order valence-corrected chi connectivity index (χ3v) is 2.98. The topological polar surface area (TPSA) is 12.5 Å². The normalized spacial score (nSPS) is 16.0. The molecule has 0 unspecified atom stereocenters. The first-order valence-electron chi connectivity index (χ1n) is 5.83. The van der Waals surface area contributed by atoms with Gasteiger partial charge in [0, 0.05) is 25.4 Å². The highest BCUT2D eigenvalue weighted by Gasteiger charge is 2.26. The quantitative estimate of drug-likeness (QED) is 0.769. The zero-order chi connectivity index (χ0) is 11.5. The summed E-state index contributed by atoms with van der Waals surface area (Å²) in [4.78, 5) is 2.34. The number of hydrogen-bond acceptors (Lipinski definition) is 2. The molecule has 0 bridgehead atoms. The van der Waals surface area contributed by atoms with E-state index in [1.165, 1.54) is 11.3 Å². The Morgan fingerprint density at radius 2 is 2.00 bits per heavy atom. The van der Waals surface area contributed by atoms with Gasteiger partial charge >= 0.3 is 0 Å². The van der Waals surface area contributed by atoms with Crippen LogP contribution in [0.3, 0.4) is 0 Å². The number of nitrogens with zero attached hydrogens (tertiary/aromatic N) is 1. The largest absolute Gasteiger partial charge is 0.375 e. The van der Waals surface area contributed by atoms with Crippen molar-refractivity contribution in [2.75, 3.05) is 24.6 Å². The van der Waals surface area contributed by atoms with Gasteiger partial charge in [0.1, 0.15) is 0 Å². The van der Waals surface area contributed by atoms with Crippen LogP contribution in [0.15, 0.2) is 30.8 Å². The van der Waals surface area contributed by atoms with Gasteiger partial charge in [0.15, 0.2) is 0 Å². The van der Waals surface area contributed by atoms with Crippen LogP contribution in [0.2, 0.25) is 0 Å². The second-order valence-corrected chi connectivity index (χ2v) is 4.31. The lowest BCUT2D eigenvalue weighted by atomic mass is 10.1. The molecular formula is C14H19NO. The van der Waals surface area contributed by atoms with Crippen LogP contribution in [-0.4, -0.2) is 25.8 Å². The van der Waals surface area contributed by atoms with Crippen molar-refractivity contribution >= 4 is 11.3 Å². The molecule has 0 radical (unpaired) electrons. The van der Waals surface area contributed by atoms with E-state index >= 15 is 0 Å². The third kappa shape index (κ3) is 2.27. The van der Waals surface area contributed by atoms with Gasteiger partial charge in [-0.25, -0.2) is 0 Å². The fourth-order valence-electron chi connectivity index (χ4n) is 1.95. The molecule has 1 fully saturated rings. The van der Waals surface area contributed by atoms with Crippen LogP contribution >= 0.6 is 0 Å². The third-order valence-electron chi connectivity index (χ3n) is 2.98. The summed E-state index contributed by atoms with van der Waals surface area (Å²) < 4.78 is 5.54. The highest BCUT2D eigenvalue weighted by molar-refractivity contribution is 5.64. The smallest absolute Gasteiger partial charge is 0.0924 e. The van der Waals surface area contributed by atoms with E-state index in [4.69, 9.17) is 4.74 Å². The lowest BCUT2D eigenvalue weighted by Crippen LogP contribution is -2.52. The summed E-state index contributed by atoms with van der Waals surface area (Å²) in [6, 6.07) is 8.58. The number of ether oxygens (including phenoxy) is 1. The van der Waals surface area contributed by atoms with E-state index in [1.54, 1.807) is 0 Å². The molecule has 2 nitrogen and oxygen atoms in total. The lowest BCUT2D eigenvalue weighted by Gasteiger charge is -2.40. The molecule has 1 saturated heterocycles. The van der Waals surface area contributed by atoms with Crippen LogP contribution in [0.25, 0.3) is 5.57 Å². The monoisotopic (exact) mass is 217 g/mol. The first-order valence-corrected chi connectivity index (χ1v) is 5.83. The summed E-state index contributed by atoms with van der Waals surface area (Å²) in [5.74, 6) is 0. The Hall–Kier alpha value is -1.28. The maximum absolute atomic E-state index is 5.54. The van der Waals surface area contributed by atoms with E-state index in [0.29, 0.717) is 6.10 Å². The molecule has 0 atom stereocenters. The summed E-state index contributed by atoms with van der Waals surface area (Å²) in [6.07, 6.45) is 0.422. The average molecular weight is 217 g/mol. The minimum Gasteiger partial charge on any atom is -0.375 e. The molecule has 0 amide bonds. The zero-order valence-corrected chi connectivity index (χ0v) is 10.1. The van der Waals surface area contributed by atoms with Crippen LogP contribution in [0.5, 0.6) is 0 Å². The van der Waals surface area contributed by atoms with E-state index in [2.05, 4.69) is 35.7 Å². The molecule has 0 spiro atoms. The van der Waals surface area contributed by atoms with Crippen LogP contribution in [-0.2, 0) is 4.74 Å². The van der Waals surface area contributed by atoms with Gasteiger partial charge in [-0.2, -0.15) is 0 Å². The molecule has 86 valence electrons. The number of rotatable bonds is 4. The molecule has 0 aliphatic carbocycles. The summed E-state index contributed by atoms with van der Waals surface area (Å²) in [6.45, 7) is 10.9. The van der Waals surface area contributed by atoms with Crippen LogP contribution in [0, 0.1) is 0 Å². The minimum absolute atomic E-state index is 0.422. The molecule has 2 heteroatoms. The zero-order valence-electron chi connectivity index (χ0n) is 10.1. The number of anilines is 1. The van der Waals surface area contributed by atoms with E-state index in [1.807, 2.05) is 13.8 Å². The van der Waals surface area contributed by atoms with Gasteiger partial charge in [-0.05, 0) is 31.5 Å². The molecule has 1 aromatic rings. The average Bonchev–Trinajstić information content (AvgIpc) is 2.23. The summed E-state index contributed by atoms with van der Waals surface area (Å²) in [7, 11) is 0. The van der Waals surface area contributed by atoms with Crippen molar-refractivity contribution in [3.8, 4) is 0 Å². The Kier molecular flexibility index (Phi) is 3.30. The highest BCUT2D eigenvalue weighted by Crippen LogP contribution is 2.24. The molecule has 0 saturated carbocycles. The molecule has 1 aliphatic heterocycles. The van der Waals surface area contributed by atoms with Crippen molar-refractivity contribution in [1.29, 1.82) is 0 Å². The van der Waals surface area contributed by atoms with Crippen molar-refractivity contribution in [2.24, 2.45) is 0 Å². The Labute approximate surface area is 97.5 Å². The van der Waals surface area contributed by atoms with Crippen molar-refractivity contribution in [2.45, 2.75) is 20.0 Å². The van der Waals surface area contributed by atoms with Gasteiger partial charge in [-0.3, -0.25) is 0 Å². The maximum atomic E-state index is 5.54. The van der Waals surface area contributed by atoms with Crippen molar-refractivity contribution in [1.82, 2.24) is 0 Å². The summed E-state index contributed by atoms with van der Waals surface area (Å²) in [5.41, 5.74) is 3.61. The Bertz CT molecular complexity index is 363. The first-order chi connectivity index (χ1) is 7.70. The lowest BCUT2D eigenvalue weighted by molar-refractivity contribution is 0.0431. The molecule has 0 N–H and O–H groups in total. The van der Waals surface area contributed by atoms with Gasteiger partial charge in [-0.15, -0.1) is 0 Å². The Balaban J connectivity index is 1.94. The second-order valence-electron chi connectivity index (χ2n) is 4.31. The van der Waals surface area contributed by atoms with Crippen LogP contribution in [0.4, 0.5) is 5.69 Å². The van der Waals surface area contributed by atoms with Crippen LogP contribution in [0.1, 0.15) is 19.4 Å². The van der Waals surface area contributed by atoms with E-state index in [9.17, 15) is 0 Å². The molecular weight excluding hydrogens is 198 g/mol. The van der Waals surface area contributed by atoms with Gasteiger partial charge in [0.05, 0.1) is 6.10 Å². The fraction of sp³-hybridized carbons (Fsp3) is 0.429. The van der Waals surface area contributed by atoms with Gasteiger partial charge < -0.3 is 9.64 Å². The van der Waals surface area contributed by atoms with Gasteiger partial charge in [0.2, 0.25) is 0 Å².